The molecule has 13 heavy (non-hydrogen) atoms. The molecule has 0 N–H and O–H groups in total. The molecule has 1 saturated heterocycles. The summed E-state index contributed by atoms with van der Waals surface area (Å²) >= 11 is 0. The molecule has 0 atom stereocenters. The molecule has 0 unspecified atom stereocenters. The summed E-state index contributed by atoms with van der Waals surface area (Å²) in [6.45, 7) is 13.6. The first kappa shape index (κ1) is 13.4. The second-order valence-corrected chi connectivity index (χ2v) is 3.39. The first-order valence-corrected chi connectivity index (χ1v) is 4.97. The van der Waals surface area contributed by atoms with Crippen molar-refractivity contribution in [2.75, 3.05) is 39.6 Å². The fourth-order valence-electron chi connectivity index (χ4n) is 1.58. The Bertz CT molecular complexity index is 102. The van der Waals surface area contributed by atoms with Crippen LogP contribution in [0.3, 0.4) is 0 Å². The second kappa shape index (κ2) is 6.81. The number of rotatable bonds is 3. The van der Waals surface area contributed by atoms with Gasteiger partial charge in [0.15, 0.2) is 0 Å². The maximum absolute atomic E-state index is 2.47. The van der Waals surface area contributed by atoms with E-state index in [1.165, 1.54) is 0 Å². The molecule has 1 aliphatic rings. The van der Waals surface area contributed by atoms with E-state index < -0.39 is 0 Å². The molecule has 0 spiro atoms. The van der Waals surface area contributed by atoms with Gasteiger partial charge in [-0.25, -0.2) is 0 Å². The topological polar surface area (TPSA) is 9.72 Å². The fourth-order valence-corrected chi connectivity index (χ4v) is 1.58. The molecule has 0 bridgehead atoms. The molecule has 0 aromatic rings. The summed E-state index contributed by atoms with van der Waals surface area (Å²) in [7, 11) is 0. The van der Waals surface area contributed by atoms with E-state index in [0.717, 1.165) is 39.6 Å². The Morgan fingerprint density at radius 3 is 1.08 bits per heavy atom. The quantitative estimate of drug-likeness (QED) is 0.702. The van der Waals surface area contributed by atoms with Crippen molar-refractivity contribution in [1.82, 2.24) is 14.7 Å². The summed E-state index contributed by atoms with van der Waals surface area (Å²) in [6, 6.07) is 0. The molecule has 1 fully saturated rings. The van der Waals surface area contributed by atoms with Gasteiger partial charge in [0.2, 0.25) is 0 Å². The Balaban J connectivity index is 0.00000144. The van der Waals surface area contributed by atoms with Gasteiger partial charge < -0.3 is 0 Å². The second-order valence-electron chi connectivity index (χ2n) is 3.39. The van der Waals surface area contributed by atoms with Crippen LogP contribution < -0.4 is 0 Å². The molecule has 1 rings (SSSR count). The first-order valence-electron chi connectivity index (χ1n) is 4.97. The summed E-state index contributed by atoms with van der Waals surface area (Å²) < 4.78 is 0. The van der Waals surface area contributed by atoms with Crippen LogP contribution >= 0.6 is 0 Å². The smallest absolute Gasteiger partial charge is 0.0529 e. The van der Waals surface area contributed by atoms with Crippen molar-refractivity contribution >= 4 is 0 Å². The Hall–Kier alpha value is 0.412. The molecule has 0 radical (unpaired) electrons. The summed E-state index contributed by atoms with van der Waals surface area (Å²) in [6.07, 6.45) is 0. The average Bonchev–Trinajstić information content (AvgIpc) is 2.16. The molecule has 78 valence electrons. The van der Waals surface area contributed by atoms with E-state index in [1.54, 1.807) is 0 Å². The van der Waals surface area contributed by atoms with Crippen LogP contribution in [0.1, 0.15) is 20.8 Å². The van der Waals surface area contributed by atoms with Gasteiger partial charge in [-0.15, -0.1) is 0 Å². The molecular formula is C9H21CrN3. The van der Waals surface area contributed by atoms with Crippen LogP contribution in [0.25, 0.3) is 0 Å². The van der Waals surface area contributed by atoms with Gasteiger partial charge in [0.1, 0.15) is 0 Å². The van der Waals surface area contributed by atoms with Crippen LogP contribution in [0.4, 0.5) is 0 Å². The molecule has 0 aromatic heterocycles. The minimum Gasteiger partial charge on any atom is -0.278 e. The summed E-state index contributed by atoms with van der Waals surface area (Å²) in [5.74, 6) is 0. The molecule has 0 saturated carbocycles. The van der Waals surface area contributed by atoms with Crippen LogP contribution in [0.5, 0.6) is 0 Å². The minimum atomic E-state index is 0. The van der Waals surface area contributed by atoms with Gasteiger partial charge >= 0.3 is 0 Å². The molecule has 1 heterocycles. The maximum Gasteiger partial charge on any atom is 0.0529 e. The monoisotopic (exact) mass is 223 g/mol. The average molecular weight is 223 g/mol. The van der Waals surface area contributed by atoms with Crippen LogP contribution in [0.2, 0.25) is 0 Å². The third-order valence-corrected chi connectivity index (χ3v) is 2.54. The van der Waals surface area contributed by atoms with Crippen molar-refractivity contribution in [2.24, 2.45) is 0 Å². The number of hydrogen-bond donors (Lipinski definition) is 0. The van der Waals surface area contributed by atoms with Crippen LogP contribution in [0.15, 0.2) is 0 Å². The van der Waals surface area contributed by atoms with Gasteiger partial charge in [-0.3, -0.25) is 14.7 Å². The van der Waals surface area contributed by atoms with E-state index in [-0.39, 0.29) is 17.4 Å². The van der Waals surface area contributed by atoms with Gasteiger partial charge in [0, 0.05) is 17.4 Å². The fraction of sp³-hybridized carbons (Fsp3) is 1.00. The van der Waals surface area contributed by atoms with E-state index in [1.807, 2.05) is 0 Å². The summed E-state index contributed by atoms with van der Waals surface area (Å²) in [5, 5.41) is 0. The van der Waals surface area contributed by atoms with Crippen LogP contribution in [0, 0.1) is 0 Å². The number of nitrogens with zero attached hydrogens (tertiary/aromatic N) is 3. The van der Waals surface area contributed by atoms with E-state index >= 15 is 0 Å². The van der Waals surface area contributed by atoms with E-state index in [0.29, 0.717) is 0 Å². The van der Waals surface area contributed by atoms with Crippen LogP contribution in [-0.2, 0) is 17.4 Å². The van der Waals surface area contributed by atoms with Crippen molar-refractivity contribution in [3.8, 4) is 0 Å². The van der Waals surface area contributed by atoms with Crippen molar-refractivity contribution in [3.63, 3.8) is 0 Å². The zero-order valence-electron chi connectivity index (χ0n) is 8.99. The van der Waals surface area contributed by atoms with Crippen molar-refractivity contribution in [1.29, 1.82) is 0 Å². The van der Waals surface area contributed by atoms with Crippen molar-refractivity contribution in [2.45, 2.75) is 20.8 Å². The molecule has 4 heteroatoms. The Morgan fingerprint density at radius 2 is 0.923 bits per heavy atom. The van der Waals surface area contributed by atoms with E-state index in [9.17, 15) is 0 Å². The van der Waals surface area contributed by atoms with Gasteiger partial charge in [-0.05, 0) is 19.6 Å². The molecule has 0 aliphatic carbocycles. The molecule has 0 aromatic carbocycles. The number of hydrogen-bond acceptors (Lipinski definition) is 3. The van der Waals surface area contributed by atoms with E-state index in [2.05, 4.69) is 35.5 Å². The maximum atomic E-state index is 2.47. The Morgan fingerprint density at radius 1 is 0.692 bits per heavy atom. The third-order valence-electron chi connectivity index (χ3n) is 2.54. The van der Waals surface area contributed by atoms with Gasteiger partial charge in [0.05, 0.1) is 20.0 Å². The van der Waals surface area contributed by atoms with Crippen LogP contribution in [-0.4, -0.2) is 54.3 Å². The van der Waals surface area contributed by atoms with Gasteiger partial charge in [-0.2, -0.15) is 0 Å². The standard InChI is InChI=1S/C9H21N3.Cr/c1-4-10-7-11(5-2)9-12(6-3)8-10;/h4-9H2,1-3H3;. The Labute approximate surface area is 92.8 Å². The summed E-state index contributed by atoms with van der Waals surface area (Å²) in [4.78, 5) is 7.41. The molecule has 3 nitrogen and oxygen atoms in total. The van der Waals surface area contributed by atoms with Gasteiger partial charge in [0.25, 0.3) is 0 Å². The first-order chi connectivity index (χ1) is 5.80. The van der Waals surface area contributed by atoms with E-state index in [4.69, 9.17) is 0 Å². The van der Waals surface area contributed by atoms with Gasteiger partial charge in [-0.1, -0.05) is 20.8 Å². The normalized spacial score (nSPS) is 21.5. The van der Waals surface area contributed by atoms with Crippen molar-refractivity contribution in [3.05, 3.63) is 0 Å². The molecule has 0 amide bonds. The Kier molecular flexibility index (Phi) is 7.02. The van der Waals surface area contributed by atoms with Crippen molar-refractivity contribution < 1.29 is 17.4 Å². The molecular weight excluding hydrogens is 202 g/mol. The summed E-state index contributed by atoms with van der Waals surface area (Å²) in [5.41, 5.74) is 0. The predicted octanol–water partition coefficient (Wildman–Crippen LogP) is 0.836. The largest absolute Gasteiger partial charge is 0.278 e. The third kappa shape index (κ3) is 3.97. The molecule has 1 aliphatic heterocycles. The minimum absolute atomic E-state index is 0. The predicted molar refractivity (Wildman–Crippen MR) is 51.7 cm³/mol. The SMILES string of the molecule is CCN1CN(CC)CN(CC)C1.[Cr]. The zero-order valence-corrected chi connectivity index (χ0v) is 10.3. The zero-order chi connectivity index (χ0) is 8.97.